The van der Waals surface area contributed by atoms with Crippen molar-refractivity contribution in [2.24, 2.45) is 0 Å². The first-order valence-corrected chi connectivity index (χ1v) is 8.12. The Morgan fingerprint density at radius 1 is 1.42 bits per heavy atom. The lowest BCUT2D eigenvalue weighted by Gasteiger charge is -2.32. The van der Waals surface area contributed by atoms with Gasteiger partial charge >= 0.3 is 0 Å². The van der Waals surface area contributed by atoms with Gasteiger partial charge < -0.3 is 5.32 Å². The van der Waals surface area contributed by atoms with E-state index >= 15 is 0 Å². The number of hydrogen-bond acceptors (Lipinski definition) is 3. The molecule has 1 saturated heterocycles. The number of likely N-dealkylation sites (tertiary alicyclic amines) is 1. The number of nitrogens with zero attached hydrogens (tertiary/aromatic N) is 3. The van der Waals surface area contributed by atoms with E-state index in [1.807, 2.05) is 0 Å². The van der Waals surface area contributed by atoms with Crippen LogP contribution < -0.4 is 5.32 Å². The highest BCUT2D eigenvalue weighted by atomic mass is 79.9. The minimum absolute atomic E-state index is 0.635. The molecule has 0 saturated carbocycles. The van der Waals surface area contributed by atoms with Crippen molar-refractivity contribution in [3.63, 3.8) is 0 Å². The van der Waals surface area contributed by atoms with Gasteiger partial charge in [0.25, 0.3) is 0 Å². The molecule has 1 atom stereocenters. The third-order valence-electron chi connectivity index (χ3n) is 3.98. The number of likely N-dealkylation sites (N-methyl/N-ethyl adjacent to an activating group) is 1. The molecule has 19 heavy (non-hydrogen) atoms. The van der Waals surface area contributed by atoms with Gasteiger partial charge in [0, 0.05) is 25.7 Å². The maximum atomic E-state index is 4.68. The summed E-state index contributed by atoms with van der Waals surface area (Å²) in [6, 6.07) is 0.635. The van der Waals surface area contributed by atoms with Gasteiger partial charge in [-0.1, -0.05) is 6.92 Å². The lowest BCUT2D eigenvalue weighted by atomic mass is 10.1. The Bertz CT molecular complexity index is 416. The average Bonchev–Trinajstić information content (AvgIpc) is 2.75. The van der Waals surface area contributed by atoms with Crippen LogP contribution in [0, 0.1) is 0 Å². The third kappa shape index (κ3) is 3.38. The normalized spacial score (nSPS) is 20.9. The molecular weight excluding hydrogens is 304 g/mol. The molecule has 0 aliphatic carbocycles. The molecule has 1 unspecified atom stereocenters. The summed E-state index contributed by atoms with van der Waals surface area (Å²) in [5.41, 5.74) is 2.51. The summed E-state index contributed by atoms with van der Waals surface area (Å²) in [5.74, 6) is 0. The molecular formula is C14H25BrN4. The molecule has 0 spiro atoms. The number of hydrogen-bond donors (Lipinski definition) is 1. The van der Waals surface area contributed by atoms with Crippen molar-refractivity contribution in [1.82, 2.24) is 20.0 Å². The molecule has 1 aliphatic rings. The molecule has 1 aromatic rings. The standard InChI is InChI=1S/C14H25BrN4/c1-4-12-14(15)13(19(5-2)17-12)10-18-8-6-7-11(9-18)16-3/h11,16H,4-10H2,1-3H3. The van der Waals surface area contributed by atoms with Gasteiger partial charge in [0.1, 0.15) is 0 Å². The summed E-state index contributed by atoms with van der Waals surface area (Å²) in [6.07, 6.45) is 3.56. The van der Waals surface area contributed by atoms with E-state index in [9.17, 15) is 0 Å². The Balaban J connectivity index is 2.11. The quantitative estimate of drug-likeness (QED) is 0.901. The first-order chi connectivity index (χ1) is 9.19. The summed E-state index contributed by atoms with van der Waals surface area (Å²) < 4.78 is 3.36. The van der Waals surface area contributed by atoms with Crippen molar-refractivity contribution < 1.29 is 0 Å². The molecule has 1 aromatic heterocycles. The highest BCUT2D eigenvalue weighted by molar-refractivity contribution is 9.10. The zero-order valence-electron chi connectivity index (χ0n) is 12.2. The molecule has 4 nitrogen and oxygen atoms in total. The van der Waals surface area contributed by atoms with Crippen LogP contribution in [0.5, 0.6) is 0 Å². The monoisotopic (exact) mass is 328 g/mol. The van der Waals surface area contributed by atoms with E-state index in [1.165, 1.54) is 35.2 Å². The van der Waals surface area contributed by atoms with Gasteiger partial charge in [0.2, 0.25) is 0 Å². The lowest BCUT2D eigenvalue weighted by molar-refractivity contribution is 0.183. The summed E-state index contributed by atoms with van der Waals surface area (Å²) in [6.45, 7) is 8.60. The van der Waals surface area contributed by atoms with Gasteiger partial charge in [-0.05, 0) is 55.7 Å². The number of halogens is 1. The Morgan fingerprint density at radius 2 is 2.21 bits per heavy atom. The van der Waals surface area contributed by atoms with Crippen LogP contribution >= 0.6 is 15.9 Å². The van der Waals surface area contributed by atoms with Crippen LogP contribution in [-0.4, -0.2) is 40.9 Å². The van der Waals surface area contributed by atoms with Gasteiger partial charge in [-0.15, -0.1) is 0 Å². The van der Waals surface area contributed by atoms with E-state index in [-0.39, 0.29) is 0 Å². The summed E-state index contributed by atoms with van der Waals surface area (Å²) >= 11 is 3.74. The third-order valence-corrected chi connectivity index (χ3v) is 4.90. The van der Waals surface area contributed by atoms with Crippen LogP contribution in [0.1, 0.15) is 38.1 Å². The second-order valence-electron chi connectivity index (χ2n) is 5.24. The first-order valence-electron chi connectivity index (χ1n) is 7.33. The zero-order chi connectivity index (χ0) is 13.8. The SMILES string of the molecule is CCc1nn(CC)c(CN2CCCC(NC)C2)c1Br. The second kappa shape index (κ2) is 6.86. The van der Waals surface area contributed by atoms with E-state index < -0.39 is 0 Å². The van der Waals surface area contributed by atoms with Crippen molar-refractivity contribution >= 4 is 15.9 Å². The molecule has 1 N–H and O–H groups in total. The van der Waals surface area contributed by atoms with E-state index in [0.29, 0.717) is 6.04 Å². The van der Waals surface area contributed by atoms with Crippen molar-refractivity contribution in [3.8, 4) is 0 Å². The van der Waals surface area contributed by atoms with Gasteiger partial charge in [0.15, 0.2) is 0 Å². The van der Waals surface area contributed by atoms with E-state index in [0.717, 1.165) is 26.1 Å². The molecule has 1 fully saturated rings. The van der Waals surface area contributed by atoms with Crippen LogP contribution in [-0.2, 0) is 19.5 Å². The fraction of sp³-hybridized carbons (Fsp3) is 0.786. The highest BCUT2D eigenvalue weighted by Crippen LogP contribution is 2.24. The molecule has 0 radical (unpaired) electrons. The summed E-state index contributed by atoms with van der Waals surface area (Å²) in [5, 5.41) is 8.08. The lowest BCUT2D eigenvalue weighted by Crippen LogP contribution is -2.44. The molecule has 2 rings (SSSR count). The molecule has 0 aromatic carbocycles. The van der Waals surface area contributed by atoms with Crippen LogP contribution in [0.4, 0.5) is 0 Å². The van der Waals surface area contributed by atoms with Crippen molar-refractivity contribution in [3.05, 3.63) is 15.9 Å². The van der Waals surface area contributed by atoms with Crippen LogP contribution in [0.25, 0.3) is 0 Å². The molecule has 1 aliphatic heterocycles. The minimum atomic E-state index is 0.635. The molecule has 5 heteroatoms. The average molecular weight is 329 g/mol. The molecule has 2 heterocycles. The summed E-state index contributed by atoms with van der Waals surface area (Å²) in [7, 11) is 2.07. The number of aryl methyl sites for hydroxylation is 2. The number of nitrogens with one attached hydrogen (secondary N) is 1. The maximum Gasteiger partial charge on any atom is 0.0767 e. The number of piperidine rings is 1. The smallest absolute Gasteiger partial charge is 0.0767 e. The molecule has 108 valence electrons. The van der Waals surface area contributed by atoms with Gasteiger partial charge in [-0.25, -0.2) is 0 Å². The fourth-order valence-corrected chi connectivity index (χ4v) is 3.50. The van der Waals surface area contributed by atoms with Crippen molar-refractivity contribution in [2.75, 3.05) is 20.1 Å². The predicted octanol–water partition coefficient (Wildman–Crippen LogP) is 2.41. The predicted molar refractivity (Wildman–Crippen MR) is 82.3 cm³/mol. The van der Waals surface area contributed by atoms with Crippen LogP contribution in [0.15, 0.2) is 4.47 Å². The Labute approximate surface area is 124 Å². The zero-order valence-corrected chi connectivity index (χ0v) is 13.8. The van der Waals surface area contributed by atoms with Crippen LogP contribution in [0.3, 0.4) is 0 Å². The molecule has 0 bridgehead atoms. The van der Waals surface area contributed by atoms with Gasteiger partial charge in [-0.3, -0.25) is 9.58 Å². The van der Waals surface area contributed by atoms with Crippen molar-refractivity contribution in [1.29, 1.82) is 0 Å². The Kier molecular flexibility index (Phi) is 5.42. The topological polar surface area (TPSA) is 33.1 Å². The number of rotatable bonds is 5. The van der Waals surface area contributed by atoms with E-state index in [2.05, 4.69) is 56.8 Å². The fourth-order valence-electron chi connectivity index (χ4n) is 2.81. The molecule has 0 amide bonds. The first kappa shape index (κ1) is 15.0. The minimum Gasteiger partial charge on any atom is -0.316 e. The maximum absolute atomic E-state index is 4.68. The Hall–Kier alpha value is -0.390. The summed E-state index contributed by atoms with van der Waals surface area (Å²) in [4.78, 5) is 2.54. The highest BCUT2D eigenvalue weighted by Gasteiger charge is 2.22. The van der Waals surface area contributed by atoms with Gasteiger partial charge in [-0.2, -0.15) is 5.10 Å². The van der Waals surface area contributed by atoms with Gasteiger partial charge in [0.05, 0.1) is 15.9 Å². The largest absolute Gasteiger partial charge is 0.316 e. The second-order valence-corrected chi connectivity index (χ2v) is 6.03. The number of aromatic nitrogens is 2. The Morgan fingerprint density at radius 3 is 2.84 bits per heavy atom. The van der Waals surface area contributed by atoms with E-state index in [1.54, 1.807) is 0 Å². The van der Waals surface area contributed by atoms with Crippen LogP contribution in [0.2, 0.25) is 0 Å². The van der Waals surface area contributed by atoms with E-state index in [4.69, 9.17) is 0 Å². The van der Waals surface area contributed by atoms with Crippen molar-refractivity contribution in [2.45, 2.75) is 52.2 Å².